The molecule has 0 atom stereocenters. The minimum Gasteiger partial charge on any atom is -0.495 e. The Bertz CT molecular complexity index is 1590. The van der Waals surface area contributed by atoms with Gasteiger partial charge in [-0.1, -0.05) is 11.8 Å². The van der Waals surface area contributed by atoms with Crippen LogP contribution in [0.2, 0.25) is 0 Å². The van der Waals surface area contributed by atoms with Crippen LogP contribution in [0.1, 0.15) is 27.2 Å². The first-order valence-corrected chi connectivity index (χ1v) is 12.6. The molecule has 3 heterocycles. The molecule has 38 heavy (non-hydrogen) atoms. The van der Waals surface area contributed by atoms with E-state index < -0.39 is 15.9 Å². The molecule has 1 N–H and O–H groups in total. The Morgan fingerprint density at radius 3 is 2.32 bits per heavy atom. The first-order valence-electron chi connectivity index (χ1n) is 11.1. The second kappa shape index (κ2) is 11.4. The molecule has 0 saturated carbocycles. The third-order valence-corrected chi connectivity index (χ3v) is 6.62. The van der Waals surface area contributed by atoms with Crippen LogP contribution in [0.4, 0.5) is 0 Å². The van der Waals surface area contributed by atoms with Gasteiger partial charge < -0.3 is 14.2 Å². The Labute approximate surface area is 219 Å². The Morgan fingerprint density at radius 1 is 0.974 bits per heavy atom. The molecule has 0 aliphatic rings. The Kier molecular flexibility index (Phi) is 7.88. The van der Waals surface area contributed by atoms with E-state index in [1.54, 1.807) is 53.7 Å². The minimum absolute atomic E-state index is 0.0553. The monoisotopic (exact) mass is 533 g/mol. The van der Waals surface area contributed by atoms with Gasteiger partial charge in [-0.15, -0.1) is 0 Å². The van der Waals surface area contributed by atoms with Crippen molar-refractivity contribution in [3.8, 4) is 29.2 Å². The standard InChI is InChI=1S/C26H23N5O6S/c1-35-22-14-19(8-7-18-6-4-11-27-16-18)15-23(36-2)24(22)38(33,34)30-25(32)21-10-9-20(26(29-21)37-3)17-31-13-5-12-28-31/h4-6,9-16H,17H2,1-3H3,(H,30,32). The van der Waals surface area contributed by atoms with Gasteiger partial charge >= 0.3 is 0 Å². The van der Waals surface area contributed by atoms with Crippen molar-refractivity contribution < 1.29 is 27.4 Å². The smallest absolute Gasteiger partial charge is 0.283 e. The van der Waals surface area contributed by atoms with Crippen molar-refractivity contribution in [3.63, 3.8) is 0 Å². The predicted molar refractivity (Wildman–Crippen MR) is 137 cm³/mol. The number of nitrogens with one attached hydrogen (secondary N) is 1. The van der Waals surface area contributed by atoms with E-state index in [0.717, 1.165) is 0 Å². The van der Waals surface area contributed by atoms with E-state index in [1.165, 1.54) is 39.5 Å². The van der Waals surface area contributed by atoms with Crippen molar-refractivity contribution in [1.29, 1.82) is 0 Å². The number of methoxy groups -OCH3 is 3. The number of amides is 1. The lowest BCUT2D eigenvalue weighted by atomic mass is 10.2. The molecule has 0 fully saturated rings. The zero-order valence-corrected chi connectivity index (χ0v) is 21.5. The predicted octanol–water partition coefficient (Wildman–Crippen LogP) is 2.27. The highest BCUT2D eigenvalue weighted by molar-refractivity contribution is 7.90. The van der Waals surface area contributed by atoms with Crippen LogP contribution in [0.15, 0.2) is 72.1 Å². The summed E-state index contributed by atoms with van der Waals surface area (Å²) in [6.45, 7) is 0.355. The number of pyridine rings is 2. The molecule has 194 valence electrons. The van der Waals surface area contributed by atoms with Crippen LogP contribution >= 0.6 is 0 Å². The van der Waals surface area contributed by atoms with E-state index in [-0.39, 0.29) is 28.0 Å². The molecular formula is C26H23N5O6S. The molecule has 3 aromatic heterocycles. The summed E-state index contributed by atoms with van der Waals surface area (Å²) in [6, 6.07) is 11.2. The van der Waals surface area contributed by atoms with Gasteiger partial charge in [0.15, 0.2) is 4.90 Å². The largest absolute Gasteiger partial charge is 0.495 e. The number of hydrogen-bond donors (Lipinski definition) is 1. The Balaban J connectivity index is 1.62. The molecule has 0 bridgehead atoms. The third kappa shape index (κ3) is 5.91. The van der Waals surface area contributed by atoms with Gasteiger partial charge in [0.05, 0.1) is 27.9 Å². The van der Waals surface area contributed by atoms with Crippen LogP contribution in [0.3, 0.4) is 0 Å². The molecule has 0 unspecified atom stereocenters. The molecule has 4 rings (SSSR count). The first kappa shape index (κ1) is 26.2. The summed E-state index contributed by atoms with van der Waals surface area (Å²) in [5.74, 6) is 4.96. The number of ether oxygens (including phenoxy) is 3. The van der Waals surface area contributed by atoms with Gasteiger partial charge in [-0.3, -0.25) is 14.5 Å². The number of rotatable bonds is 8. The van der Waals surface area contributed by atoms with E-state index >= 15 is 0 Å². The molecule has 0 spiro atoms. The lowest BCUT2D eigenvalue weighted by Crippen LogP contribution is -2.32. The maximum Gasteiger partial charge on any atom is 0.283 e. The molecule has 0 radical (unpaired) electrons. The van der Waals surface area contributed by atoms with Crippen LogP contribution in [0, 0.1) is 11.8 Å². The van der Waals surface area contributed by atoms with Crippen LogP contribution in [0.25, 0.3) is 0 Å². The van der Waals surface area contributed by atoms with Crippen molar-refractivity contribution >= 4 is 15.9 Å². The van der Waals surface area contributed by atoms with Crippen molar-refractivity contribution in [2.24, 2.45) is 0 Å². The van der Waals surface area contributed by atoms with Crippen molar-refractivity contribution in [3.05, 3.63) is 89.6 Å². The second-order valence-corrected chi connectivity index (χ2v) is 9.32. The van der Waals surface area contributed by atoms with E-state index in [4.69, 9.17) is 14.2 Å². The number of carbonyl (C=O) groups is 1. The number of benzene rings is 1. The Morgan fingerprint density at radius 2 is 1.71 bits per heavy atom. The van der Waals surface area contributed by atoms with Gasteiger partial charge in [0.1, 0.15) is 17.2 Å². The molecule has 0 aliphatic heterocycles. The van der Waals surface area contributed by atoms with Gasteiger partial charge in [0.25, 0.3) is 15.9 Å². The van der Waals surface area contributed by atoms with Gasteiger partial charge in [0.2, 0.25) is 5.88 Å². The van der Waals surface area contributed by atoms with Crippen molar-refractivity contribution in [1.82, 2.24) is 24.5 Å². The number of nitrogens with zero attached hydrogens (tertiary/aromatic N) is 4. The van der Waals surface area contributed by atoms with Gasteiger partial charge in [-0.2, -0.15) is 5.10 Å². The fourth-order valence-electron chi connectivity index (χ4n) is 3.48. The molecular weight excluding hydrogens is 510 g/mol. The van der Waals surface area contributed by atoms with Crippen molar-refractivity contribution in [2.45, 2.75) is 11.4 Å². The van der Waals surface area contributed by atoms with E-state index in [0.29, 0.717) is 23.2 Å². The van der Waals surface area contributed by atoms with Crippen molar-refractivity contribution in [2.75, 3.05) is 21.3 Å². The topological polar surface area (TPSA) is 135 Å². The molecule has 1 aromatic carbocycles. The normalized spacial score (nSPS) is 10.7. The molecule has 1 amide bonds. The fraction of sp³-hybridized carbons (Fsp3) is 0.154. The van der Waals surface area contributed by atoms with E-state index in [1.807, 2.05) is 4.72 Å². The number of hydrogen-bond acceptors (Lipinski definition) is 9. The summed E-state index contributed by atoms with van der Waals surface area (Å²) in [5.41, 5.74) is 1.61. The van der Waals surface area contributed by atoms with E-state index in [9.17, 15) is 13.2 Å². The SMILES string of the molecule is COc1cc(C#Cc2cccnc2)cc(OC)c1S(=O)(=O)NC(=O)c1ccc(Cn2cccn2)c(OC)n1. The average molecular weight is 534 g/mol. The highest BCUT2D eigenvalue weighted by Crippen LogP contribution is 2.34. The number of aromatic nitrogens is 4. The summed E-state index contributed by atoms with van der Waals surface area (Å²) >= 11 is 0. The third-order valence-electron chi connectivity index (χ3n) is 5.23. The zero-order valence-electron chi connectivity index (χ0n) is 20.7. The summed E-state index contributed by atoms with van der Waals surface area (Å²) in [7, 11) is -0.437. The lowest BCUT2D eigenvalue weighted by Gasteiger charge is -2.15. The quantitative estimate of drug-likeness (QED) is 0.339. The average Bonchev–Trinajstić information content (AvgIpc) is 3.44. The second-order valence-electron chi connectivity index (χ2n) is 7.70. The first-order chi connectivity index (χ1) is 18.3. The zero-order chi connectivity index (χ0) is 27.1. The lowest BCUT2D eigenvalue weighted by molar-refractivity contribution is 0.0975. The van der Waals surface area contributed by atoms with Crippen LogP contribution in [-0.2, 0) is 16.6 Å². The van der Waals surface area contributed by atoms with Gasteiger partial charge in [-0.25, -0.2) is 18.1 Å². The molecule has 12 heteroatoms. The Hall–Kier alpha value is -4.89. The summed E-state index contributed by atoms with van der Waals surface area (Å²) in [5, 5.41) is 4.13. The molecule has 4 aromatic rings. The minimum atomic E-state index is -4.45. The summed E-state index contributed by atoms with van der Waals surface area (Å²) in [6.07, 6.45) is 6.63. The summed E-state index contributed by atoms with van der Waals surface area (Å²) in [4.78, 5) is 20.7. The molecule has 11 nitrogen and oxygen atoms in total. The summed E-state index contributed by atoms with van der Waals surface area (Å²) < 4.78 is 46.2. The van der Waals surface area contributed by atoms with Crippen LogP contribution < -0.4 is 18.9 Å². The molecule has 0 saturated heterocycles. The maximum atomic E-state index is 13.3. The van der Waals surface area contributed by atoms with E-state index in [2.05, 4.69) is 26.9 Å². The van der Waals surface area contributed by atoms with Crippen LogP contribution in [0.5, 0.6) is 17.4 Å². The van der Waals surface area contributed by atoms with Gasteiger partial charge in [0, 0.05) is 41.5 Å². The highest BCUT2D eigenvalue weighted by Gasteiger charge is 2.29. The molecule has 0 aliphatic carbocycles. The highest BCUT2D eigenvalue weighted by atomic mass is 32.2. The maximum absolute atomic E-state index is 13.3. The van der Waals surface area contributed by atoms with Gasteiger partial charge in [-0.05, 0) is 42.5 Å². The van der Waals surface area contributed by atoms with Crippen LogP contribution in [-0.4, -0.2) is 55.4 Å². The fourth-order valence-corrected chi connectivity index (χ4v) is 4.75. The number of carbonyl (C=O) groups excluding carboxylic acids is 1. The number of sulfonamides is 1.